The number of benzene rings is 2. The number of nitrogens with zero attached hydrogens (tertiary/aromatic N) is 2. The Hall–Kier alpha value is -3.68. The zero-order valence-corrected chi connectivity index (χ0v) is 16.6. The van der Waals surface area contributed by atoms with Gasteiger partial charge >= 0.3 is 5.91 Å². The number of carbonyl (C=O) groups is 1. The smallest absolute Gasteiger partial charge is 0.307 e. The number of fused-ring (bicyclic) bond motifs is 1. The van der Waals surface area contributed by atoms with Gasteiger partial charge in [0.15, 0.2) is 5.76 Å². The second kappa shape index (κ2) is 8.14. The molecule has 1 heterocycles. The topological polar surface area (TPSA) is 107 Å². The van der Waals surface area contributed by atoms with Gasteiger partial charge in [-0.1, -0.05) is 13.8 Å². The Morgan fingerprint density at radius 3 is 2.69 bits per heavy atom. The fourth-order valence-corrected chi connectivity index (χ4v) is 2.95. The molecule has 0 unspecified atom stereocenters. The summed E-state index contributed by atoms with van der Waals surface area (Å²) < 4.78 is 10.9. The molecule has 150 valence electrons. The fraction of sp³-hybridized carbons (Fsp3) is 0.238. The molecule has 0 aliphatic heterocycles. The molecule has 2 aromatic carbocycles. The van der Waals surface area contributed by atoms with E-state index in [1.807, 2.05) is 19.1 Å². The van der Waals surface area contributed by atoms with Gasteiger partial charge in [0.25, 0.3) is 5.69 Å². The molecular weight excluding hydrogens is 374 g/mol. The maximum atomic E-state index is 12.3. The van der Waals surface area contributed by atoms with Crippen LogP contribution in [0.25, 0.3) is 11.0 Å². The summed E-state index contributed by atoms with van der Waals surface area (Å²) in [5.74, 6) is 0.560. The third-order valence-corrected chi connectivity index (χ3v) is 4.54. The van der Waals surface area contributed by atoms with Crippen molar-refractivity contribution in [2.75, 3.05) is 7.11 Å². The molecule has 0 atom stereocenters. The number of amides is 1. The van der Waals surface area contributed by atoms with Crippen molar-refractivity contribution in [2.45, 2.75) is 26.7 Å². The highest BCUT2D eigenvalue weighted by Crippen LogP contribution is 2.29. The third-order valence-electron chi connectivity index (χ3n) is 4.54. The monoisotopic (exact) mass is 395 g/mol. The van der Waals surface area contributed by atoms with E-state index < -0.39 is 10.8 Å². The summed E-state index contributed by atoms with van der Waals surface area (Å²) in [7, 11) is 1.64. The lowest BCUT2D eigenvalue weighted by Crippen LogP contribution is -2.16. The first kappa shape index (κ1) is 20.1. The molecule has 3 aromatic rings. The van der Waals surface area contributed by atoms with E-state index >= 15 is 0 Å². The van der Waals surface area contributed by atoms with Crippen LogP contribution in [-0.4, -0.2) is 24.2 Å². The van der Waals surface area contributed by atoms with Gasteiger partial charge in [-0.2, -0.15) is 5.10 Å². The Morgan fingerprint density at radius 1 is 1.28 bits per heavy atom. The summed E-state index contributed by atoms with van der Waals surface area (Å²) in [6.45, 7) is 6.07. The van der Waals surface area contributed by atoms with Crippen molar-refractivity contribution < 1.29 is 18.9 Å². The Kier molecular flexibility index (Phi) is 5.63. The highest BCUT2D eigenvalue weighted by Gasteiger charge is 2.15. The first-order chi connectivity index (χ1) is 13.8. The van der Waals surface area contributed by atoms with Gasteiger partial charge in [-0.05, 0) is 53.8 Å². The SMILES string of the molecule is COc1cc(C)c(/C=N\NC(=O)c2cc3cc([N+](=O)[O-])ccc3o2)cc1C(C)C. The largest absolute Gasteiger partial charge is 0.496 e. The van der Waals surface area contributed by atoms with Crippen molar-refractivity contribution in [3.8, 4) is 5.75 Å². The van der Waals surface area contributed by atoms with E-state index in [4.69, 9.17) is 9.15 Å². The van der Waals surface area contributed by atoms with Gasteiger partial charge in [0.2, 0.25) is 0 Å². The number of non-ortho nitro benzene ring substituents is 1. The molecule has 1 aromatic heterocycles. The molecule has 8 heteroatoms. The zero-order chi connectivity index (χ0) is 21.1. The molecule has 0 aliphatic carbocycles. The third kappa shape index (κ3) is 4.26. The molecule has 0 spiro atoms. The number of hydrazone groups is 1. The number of hydrogen-bond donors (Lipinski definition) is 1. The molecule has 0 fully saturated rings. The van der Waals surface area contributed by atoms with Gasteiger partial charge in [-0.3, -0.25) is 14.9 Å². The van der Waals surface area contributed by atoms with E-state index in [0.29, 0.717) is 11.0 Å². The molecule has 0 saturated heterocycles. The van der Waals surface area contributed by atoms with Crippen LogP contribution < -0.4 is 10.2 Å². The molecule has 3 rings (SSSR count). The second-order valence-corrected chi connectivity index (χ2v) is 6.89. The number of nitro groups is 1. The molecule has 1 amide bonds. The number of methoxy groups -OCH3 is 1. The van der Waals surface area contributed by atoms with Crippen LogP contribution in [0.4, 0.5) is 5.69 Å². The Labute approximate surface area is 167 Å². The number of hydrogen-bond acceptors (Lipinski definition) is 6. The summed E-state index contributed by atoms with van der Waals surface area (Å²) in [5, 5.41) is 15.4. The van der Waals surface area contributed by atoms with Crippen molar-refractivity contribution in [2.24, 2.45) is 5.10 Å². The minimum Gasteiger partial charge on any atom is -0.496 e. The Bertz CT molecular complexity index is 1110. The lowest BCUT2D eigenvalue weighted by Gasteiger charge is -2.14. The van der Waals surface area contributed by atoms with Gasteiger partial charge < -0.3 is 9.15 Å². The highest BCUT2D eigenvalue weighted by molar-refractivity contribution is 5.97. The standard InChI is InChI=1S/C21H21N3O5/c1-12(2)17-9-15(13(3)7-19(17)28-4)11-22-23-21(25)20-10-14-8-16(24(26)27)5-6-18(14)29-20/h5-12H,1-4H3,(H,23,25)/b22-11-. The van der Waals surface area contributed by atoms with Crippen molar-refractivity contribution in [1.82, 2.24) is 5.43 Å². The fourth-order valence-electron chi connectivity index (χ4n) is 2.95. The number of nitro benzene ring substituents is 1. The summed E-state index contributed by atoms with van der Waals surface area (Å²) >= 11 is 0. The van der Waals surface area contributed by atoms with Crippen LogP contribution in [0, 0.1) is 17.0 Å². The Balaban J connectivity index is 1.78. The van der Waals surface area contributed by atoms with Crippen LogP contribution in [0.2, 0.25) is 0 Å². The normalized spacial score (nSPS) is 11.3. The molecule has 0 aliphatic rings. The predicted molar refractivity (Wildman–Crippen MR) is 110 cm³/mol. The van der Waals surface area contributed by atoms with Gasteiger partial charge in [0.05, 0.1) is 18.2 Å². The molecule has 0 radical (unpaired) electrons. The molecule has 0 bridgehead atoms. The van der Waals surface area contributed by atoms with Crippen molar-refractivity contribution in [3.05, 3.63) is 69.0 Å². The number of nitrogens with one attached hydrogen (secondary N) is 1. The van der Waals surface area contributed by atoms with Crippen LogP contribution in [0.5, 0.6) is 5.75 Å². The molecule has 8 nitrogen and oxygen atoms in total. The summed E-state index contributed by atoms with van der Waals surface area (Å²) in [4.78, 5) is 22.7. The molecular formula is C21H21N3O5. The number of aryl methyl sites for hydroxylation is 1. The number of carbonyl (C=O) groups excluding carboxylic acids is 1. The zero-order valence-electron chi connectivity index (χ0n) is 16.6. The molecule has 29 heavy (non-hydrogen) atoms. The van der Waals surface area contributed by atoms with Crippen LogP contribution in [-0.2, 0) is 0 Å². The van der Waals surface area contributed by atoms with Crippen LogP contribution in [0.1, 0.15) is 47.0 Å². The van der Waals surface area contributed by atoms with E-state index in [-0.39, 0.29) is 17.4 Å². The van der Waals surface area contributed by atoms with Crippen molar-refractivity contribution >= 4 is 28.8 Å². The first-order valence-electron chi connectivity index (χ1n) is 9.00. The van der Waals surface area contributed by atoms with Crippen LogP contribution >= 0.6 is 0 Å². The van der Waals surface area contributed by atoms with Gasteiger partial charge in [0, 0.05) is 17.5 Å². The second-order valence-electron chi connectivity index (χ2n) is 6.89. The maximum Gasteiger partial charge on any atom is 0.307 e. The van der Waals surface area contributed by atoms with E-state index in [2.05, 4.69) is 24.4 Å². The van der Waals surface area contributed by atoms with E-state index in [0.717, 1.165) is 22.4 Å². The molecule has 0 saturated carbocycles. The van der Waals surface area contributed by atoms with E-state index in [9.17, 15) is 14.9 Å². The maximum absolute atomic E-state index is 12.3. The van der Waals surface area contributed by atoms with Gasteiger partial charge in [-0.15, -0.1) is 0 Å². The molecule has 1 N–H and O–H groups in total. The minimum atomic E-state index is -0.546. The average molecular weight is 395 g/mol. The van der Waals surface area contributed by atoms with Crippen LogP contribution in [0.15, 0.2) is 45.9 Å². The highest BCUT2D eigenvalue weighted by atomic mass is 16.6. The first-order valence-corrected chi connectivity index (χ1v) is 9.00. The number of rotatable bonds is 6. The van der Waals surface area contributed by atoms with Gasteiger partial charge in [-0.25, -0.2) is 5.43 Å². The lowest BCUT2D eigenvalue weighted by molar-refractivity contribution is -0.384. The summed E-state index contributed by atoms with van der Waals surface area (Å²) in [6, 6.07) is 9.50. The minimum absolute atomic E-state index is 0.0203. The van der Waals surface area contributed by atoms with E-state index in [1.54, 1.807) is 13.3 Å². The van der Waals surface area contributed by atoms with Gasteiger partial charge in [0.1, 0.15) is 11.3 Å². The summed E-state index contributed by atoms with van der Waals surface area (Å²) in [6.07, 6.45) is 1.56. The quantitative estimate of drug-likeness (QED) is 0.374. The number of ether oxygens (including phenoxy) is 1. The number of furan rings is 1. The summed E-state index contributed by atoms with van der Waals surface area (Å²) in [5.41, 5.74) is 5.60. The lowest BCUT2D eigenvalue weighted by atomic mass is 9.97. The Morgan fingerprint density at radius 2 is 2.03 bits per heavy atom. The van der Waals surface area contributed by atoms with Crippen molar-refractivity contribution in [1.29, 1.82) is 0 Å². The van der Waals surface area contributed by atoms with Crippen LogP contribution in [0.3, 0.4) is 0 Å². The van der Waals surface area contributed by atoms with Crippen molar-refractivity contribution in [3.63, 3.8) is 0 Å². The average Bonchev–Trinajstić information content (AvgIpc) is 3.11. The van der Waals surface area contributed by atoms with E-state index in [1.165, 1.54) is 24.3 Å². The predicted octanol–water partition coefficient (Wildman–Crippen LogP) is 4.55.